The summed E-state index contributed by atoms with van der Waals surface area (Å²) in [7, 11) is 0. The third-order valence-electron chi connectivity index (χ3n) is 2.95. The third kappa shape index (κ3) is 5.01. The van der Waals surface area contributed by atoms with Crippen molar-refractivity contribution in [2.24, 2.45) is 0 Å². The highest BCUT2D eigenvalue weighted by Gasteiger charge is 2.00. The summed E-state index contributed by atoms with van der Waals surface area (Å²) in [6.45, 7) is 4.39. The van der Waals surface area contributed by atoms with Crippen molar-refractivity contribution in [3.8, 4) is 0 Å². The van der Waals surface area contributed by atoms with Crippen LogP contribution in [-0.4, -0.2) is 22.3 Å². The van der Waals surface area contributed by atoms with Crippen LogP contribution in [0.4, 0.5) is 0 Å². The Balaban J connectivity index is 1.59. The number of quaternary nitrogens is 1. The minimum atomic E-state index is 0.876. The fourth-order valence-corrected chi connectivity index (χ4v) is 2.61. The van der Waals surface area contributed by atoms with Crippen LogP contribution in [0.5, 0.6) is 0 Å². The van der Waals surface area contributed by atoms with Crippen molar-refractivity contribution >= 4 is 11.8 Å². The SMILES string of the molecule is Cc1ccccc1C[NH2+]CCCSc1ncccn1. The number of aryl methyl sites for hydroxylation is 1. The van der Waals surface area contributed by atoms with E-state index in [2.05, 4.69) is 46.5 Å². The van der Waals surface area contributed by atoms with E-state index >= 15 is 0 Å². The van der Waals surface area contributed by atoms with Gasteiger partial charge in [0.2, 0.25) is 0 Å². The van der Waals surface area contributed by atoms with Crippen LogP contribution in [0.25, 0.3) is 0 Å². The molecule has 0 radical (unpaired) electrons. The first-order valence-corrected chi connectivity index (χ1v) is 7.61. The summed E-state index contributed by atoms with van der Waals surface area (Å²) in [5.41, 5.74) is 2.81. The number of hydrogen-bond acceptors (Lipinski definition) is 3. The van der Waals surface area contributed by atoms with Crippen molar-refractivity contribution in [2.75, 3.05) is 12.3 Å². The molecule has 100 valence electrons. The summed E-state index contributed by atoms with van der Waals surface area (Å²) in [6, 6.07) is 10.4. The predicted octanol–water partition coefficient (Wildman–Crippen LogP) is 2.03. The van der Waals surface area contributed by atoms with Crippen molar-refractivity contribution in [2.45, 2.75) is 25.0 Å². The normalized spacial score (nSPS) is 10.6. The molecule has 2 rings (SSSR count). The number of nitrogens with two attached hydrogens (primary N) is 1. The second-order valence-electron chi connectivity index (χ2n) is 4.44. The summed E-state index contributed by atoms with van der Waals surface area (Å²) >= 11 is 1.73. The Labute approximate surface area is 118 Å². The lowest BCUT2D eigenvalue weighted by Crippen LogP contribution is -2.82. The maximum absolute atomic E-state index is 4.20. The van der Waals surface area contributed by atoms with Gasteiger partial charge in [0.25, 0.3) is 0 Å². The number of benzene rings is 1. The molecule has 0 spiro atoms. The fourth-order valence-electron chi connectivity index (χ4n) is 1.85. The molecular formula is C15H20N3S+. The van der Waals surface area contributed by atoms with Crippen molar-refractivity contribution in [1.29, 1.82) is 0 Å². The molecule has 0 atom stereocenters. The van der Waals surface area contributed by atoms with E-state index in [0.29, 0.717) is 0 Å². The lowest BCUT2D eigenvalue weighted by atomic mass is 10.1. The smallest absolute Gasteiger partial charge is 0.187 e. The van der Waals surface area contributed by atoms with Gasteiger partial charge < -0.3 is 5.32 Å². The van der Waals surface area contributed by atoms with Gasteiger partial charge in [-0.25, -0.2) is 9.97 Å². The molecule has 0 amide bonds. The summed E-state index contributed by atoms with van der Waals surface area (Å²) in [5, 5.41) is 3.25. The van der Waals surface area contributed by atoms with Crippen LogP contribution in [0.15, 0.2) is 47.9 Å². The molecule has 0 aliphatic heterocycles. The van der Waals surface area contributed by atoms with Crippen LogP contribution < -0.4 is 5.32 Å². The van der Waals surface area contributed by atoms with Gasteiger partial charge in [-0.05, 0) is 18.6 Å². The molecule has 1 aromatic carbocycles. The Hall–Kier alpha value is -1.39. The maximum Gasteiger partial charge on any atom is 0.187 e. The van der Waals surface area contributed by atoms with Gasteiger partial charge in [0, 0.05) is 30.1 Å². The Morgan fingerprint density at radius 2 is 1.89 bits per heavy atom. The van der Waals surface area contributed by atoms with Crippen molar-refractivity contribution in [3.05, 3.63) is 53.9 Å². The molecule has 0 fully saturated rings. The zero-order valence-corrected chi connectivity index (χ0v) is 12.1. The first-order valence-electron chi connectivity index (χ1n) is 6.62. The summed E-state index contributed by atoms with van der Waals surface area (Å²) in [4.78, 5) is 8.39. The molecule has 2 N–H and O–H groups in total. The van der Waals surface area contributed by atoms with Crippen molar-refractivity contribution in [1.82, 2.24) is 9.97 Å². The highest BCUT2D eigenvalue weighted by Crippen LogP contribution is 2.11. The van der Waals surface area contributed by atoms with Crippen molar-refractivity contribution in [3.63, 3.8) is 0 Å². The average molecular weight is 274 g/mol. The number of thioether (sulfide) groups is 1. The van der Waals surface area contributed by atoms with E-state index in [-0.39, 0.29) is 0 Å². The Kier molecular flexibility index (Phi) is 5.85. The first kappa shape index (κ1) is 14.0. The van der Waals surface area contributed by atoms with Crippen LogP contribution in [0.2, 0.25) is 0 Å². The third-order valence-corrected chi connectivity index (χ3v) is 3.91. The van der Waals surface area contributed by atoms with Gasteiger partial charge in [-0.2, -0.15) is 0 Å². The predicted molar refractivity (Wildman–Crippen MR) is 79.0 cm³/mol. The van der Waals surface area contributed by atoms with Gasteiger partial charge in [0.15, 0.2) is 5.16 Å². The van der Waals surface area contributed by atoms with E-state index in [0.717, 1.165) is 24.0 Å². The van der Waals surface area contributed by atoms with Crippen LogP contribution in [-0.2, 0) is 6.54 Å². The number of nitrogens with zero attached hydrogens (tertiary/aromatic N) is 2. The quantitative estimate of drug-likeness (QED) is 0.477. The highest BCUT2D eigenvalue weighted by molar-refractivity contribution is 7.99. The van der Waals surface area contributed by atoms with Crippen LogP contribution in [0.1, 0.15) is 17.5 Å². The zero-order chi connectivity index (χ0) is 13.3. The molecule has 0 saturated carbocycles. The van der Waals surface area contributed by atoms with Gasteiger partial charge in [-0.15, -0.1) is 0 Å². The van der Waals surface area contributed by atoms with Gasteiger partial charge in [-0.3, -0.25) is 0 Å². The maximum atomic E-state index is 4.20. The summed E-state index contributed by atoms with van der Waals surface area (Å²) < 4.78 is 0. The molecule has 0 unspecified atom stereocenters. The molecule has 3 nitrogen and oxygen atoms in total. The van der Waals surface area contributed by atoms with E-state index in [1.165, 1.54) is 17.5 Å². The second kappa shape index (κ2) is 7.92. The molecule has 2 aromatic rings. The standard InChI is InChI=1S/C15H19N3S/c1-13-6-2-3-7-14(13)12-16-8-5-11-19-15-17-9-4-10-18-15/h2-4,6-7,9-10,16H,5,8,11-12H2,1H3/p+1. The number of rotatable bonds is 7. The van der Waals surface area contributed by atoms with E-state index in [9.17, 15) is 0 Å². The molecule has 1 aromatic heterocycles. The Morgan fingerprint density at radius 1 is 1.11 bits per heavy atom. The lowest BCUT2D eigenvalue weighted by molar-refractivity contribution is -0.670. The number of hydrogen-bond donors (Lipinski definition) is 1. The molecule has 1 heterocycles. The van der Waals surface area contributed by atoms with Gasteiger partial charge in [0.1, 0.15) is 6.54 Å². The van der Waals surface area contributed by atoms with Crippen LogP contribution in [0.3, 0.4) is 0 Å². The van der Waals surface area contributed by atoms with E-state index < -0.39 is 0 Å². The molecular weight excluding hydrogens is 254 g/mol. The molecule has 0 aliphatic rings. The minimum Gasteiger partial charge on any atom is -0.342 e. The first-order chi connectivity index (χ1) is 9.36. The van der Waals surface area contributed by atoms with Gasteiger partial charge in [0.05, 0.1) is 6.54 Å². The highest BCUT2D eigenvalue weighted by atomic mass is 32.2. The fraction of sp³-hybridized carbons (Fsp3) is 0.333. The Bertz CT molecular complexity index is 488. The molecule has 19 heavy (non-hydrogen) atoms. The lowest BCUT2D eigenvalue weighted by Gasteiger charge is -2.04. The van der Waals surface area contributed by atoms with Crippen LogP contribution >= 0.6 is 11.8 Å². The minimum absolute atomic E-state index is 0.876. The monoisotopic (exact) mass is 274 g/mol. The second-order valence-corrected chi connectivity index (χ2v) is 5.50. The molecule has 0 aliphatic carbocycles. The zero-order valence-electron chi connectivity index (χ0n) is 11.2. The van der Waals surface area contributed by atoms with Gasteiger partial charge >= 0.3 is 0 Å². The Morgan fingerprint density at radius 3 is 2.68 bits per heavy atom. The van der Waals surface area contributed by atoms with Crippen LogP contribution in [0, 0.1) is 6.92 Å². The topological polar surface area (TPSA) is 42.4 Å². The van der Waals surface area contributed by atoms with E-state index in [1.807, 2.05) is 6.07 Å². The van der Waals surface area contributed by atoms with Crippen molar-refractivity contribution < 1.29 is 5.32 Å². The molecule has 0 saturated heterocycles. The average Bonchev–Trinajstić information content (AvgIpc) is 2.45. The summed E-state index contributed by atoms with van der Waals surface area (Å²) in [6.07, 6.45) is 4.76. The molecule has 4 heteroatoms. The van der Waals surface area contributed by atoms with Gasteiger partial charge in [-0.1, -0.05) is 36.0 Å². The van der Waals surface area contributed by atoms with E-state index in [1.54, 1.807) is 24.2 Å². The molecule has 0 bridgehead atoms. The van der Waals surface area contributed by atoms with E-state index in [4.69, 9.17) is 0 Å². The summed E-state index contributed by atoms with van der Waals surface area (Å²) in [5.74, 6) is 1.08. The number of aromatic nitrogens is 2. The largest absolute Gasteiger partial charge is 0.342 e.